The molecule has 0 fully saturated rings. The van der Waals surface area contributed by atoms with Gasteiger partial charge in [-0.05, 0) is 42.0 Å². The van der Waals surface area contributed by atoms with Gasteiger partial charge < -0.3 is 5.11 Å². The monoisotopic (exact) mass is 294 g/mol. The molecule has 0 aliphatic heterocycles. The molecular weight excluding hydrogens is 280 g/mol. The minimum absolute atomic E-state index is 0.355. The topological polar surface area (TPSA) is 37.3 Å². The fourth-order valence-corrected chi connectivity index (χ4v) is 3.23. The average Bonchev–Trinajstić information content (AvgIpc) is 2.49. The second-order valence-corrected chi connectivity index (χ2v) is 6.03. The van der Waals surface area contributed by atoms with Crippen molar-refractivity contribution in [1.82, 2.24) is 0 Å². The van der Waals surface area contributed by atoms with E-state index in [2.05, 4.69) is 24.3 Å². The van der Waals surface area contributed by atoms with Gasteiger partial charge in [-0.3, -0.25) is 0 Å². The summed E-state index contributed by atoms with van der Waals surface area (Å²) in [5.74, 6) is -0.887. The Morgan fingerprint density at radius 2 is 1.71 bits per heavy atom. The van der Waals surface area contributed by atoms with Crippen LogP contribution in [0, 0.1) is 6.92 Å². The molecule has 0 aliphatic rings. The summed E-state index contributed by atoms with van der Waals surface area (Å²) >= 11 is 1.49. The van der Waals surface area contributed by atoms with Gasteiger partial charge in [0.2, 0.25) is 0 Å². The number of fused-ring (bicyclic) bond motifs is 1. The number of rotatable bonds is 3. The number of hydrogen-bond acceptors (Lipinski definition) is 2. The lowest BCUT2D eigenvalue weighted by Crippen LogP contribution is -1.99. The van der Waals surface area contributed by atoms with E-state index >= 15 is 0 Å². The maximum absolute atomic E-state index is 11.4. The Balaban J connectivity index is 2.00. The van der Waals surface area contributed by atoms with Crippen LogP contribution in [-0.4, -0.2) is 11.1 Å². The van der Waals surface area contributed by atoms with Gasteiger partial charge in [0.15, 0.2) is 0 Å². The predicted octanol–water partition coefficient (Wildman–Crippen LogP) is 5.00. The molecule has 0 aliphatic carbocycles. The van der Waals surface area contributed by atoms with Crippen LogP contribution in [0.2, 0.25) is 0 Å². The normalized spacial score (nSPS) is 10.7. The van der Waals surface area contributed by atoms with Gasteiger partial charge in [-0.1, -0.05) is 53.7 Å². The molecule has 0 amide bonds. The summed E-state index contributed by atoms with van der Waals surface area (Å²) in [7, 11) is 0. The molecule has 0 heterocycles. The first-order valence-electron chi connectivity index (χ1n) is 6.64. The Labute approximate surface area is 127 Å². The molecule has 0 unspecified atom stereocenters. The van der Waals surface area contributed by atoms with E-state index in [9.17, 15) is 9.90 Å². The van der Waals surface area contributed by atoms with E-state index in [-0.39, 0.29) is 0 Å². The van der Waals surface area contributed by atoms with Crippen LogP contribution in [-0.2, 0) is 0 Å². The van der Waals surface area contributed by atoms with Crippen LogP contribution >= 0.6 is 11.8 Å². The molecule has 0 spiro atoms. The summed E-state index contributed by atoms with van der Waals surface area (Å²) in [6.45, 7) is 1.90. The smallest absolute Gasteiger partial charge is 0.336 e. The minimum atomic E-state index is -0.887. The first-order chi connectivity index (χ1) is 10.1. The molecule has 0 radical (unpaired) electrons. The zero-order chi connectivity index (χ0) is 14.8. The van der Waals surface area contributed by atoms with Crippen LogP contribution in [0.4, 0.5) is 0 Å². The van der Waals surface area contributed by atoms with Crippen LogP contribution < -0.4 is 0 Å². The highest BCUT2D eigenvalue weighted by Gasteiger charge is 2.11. The lowest BCUT2D eigenvalue weighted by atomic mass is 10.1. The molecule has 0 atom stereocenters. The van der Waals surface area contributed by atoms with Gasteiger partial charge in [0.05, 0.1) is 5.56 Å². The highest BCUT2D eigenvalue weighted by Crippen LogP contribution is 2.32. The number of aryl methyl sites for hydroxylation is 1. The Bertz CT molecular complexity index is 824. The minimum Gasteiger partial charge on any atom is -0.478 e. The van der Waals surface area contributed by atoms with Crippen molar-refractivity contribution in [3.8, 4) is 0 Å². The van der Waals surface area contributed by atoms with Crippen molar-refractivity contribution in [3.05, 3.63) is 71.8 Å². The van der Waals surface area contributed by atoms with E-state index < -0.39 is 5.97 Å². The van der Waals surface area contributed by atoms with Crippen LogP contribution in [0.25, 0.3) is 10.8 Å². The quantitative estimate of drug-likeness (QED) is 0.738. The number of aromatic carboxylic acids is 1. The van der Waals surface area contributed by atoms with Gasteiger partial charge in [-0.25, -0.2) is 4.79 Å². The van der Waals surface area contributed by atoms with E-state index in [4.69, 9.17) is 0 Å². The van der Waals surface area contributed by atoms with Gasteiger partial charge in [-0.2, -0.15) is 0 Å². The van der Waals surface area contributed by atoms with Crippen molar-refractivity contribution < 1.29 is 9.90 Å². The second kappa shape index (κ2) is 5.62. The van der Waals surface area contributed by atoms with Crippen LogP contribution in [0.1, 0.15) is 15.9 Å². The van der Waals surface area contributed by atoms with Crippen molar-refractivity contribution >= 4 is 28.5 Å². The largest absolute Gasteiger partial charge is 0.478 e. The second-order valence-electron chi connectivity index (χ2n) is 4.92. The van der Waals surface area contributed by atoms with Crippen molar-refractivity contribution in [2.75, 3.05) is 0 Å². The third-order valence-corrected chi connectivity index (χ3v) is 4.38. The third-order valence-electron chi connectivity index (χ3n) is 3.31. The number of carboxylic acids is 1. The molecule has 2 nitrogen and oxygen atoms in total. The van der Waals surface area contributed by atoms with Gasteiger partial charge in [0.1, 0.15) is 0 Å². The molecule has 0 saturated carbocycles. The van der Waals surface area contributed by atoms with Crippen molar-refractivity contribution in [3.63, 3.8) is 0 Å². The van der Waals surface area contributed by atoms with Crippen LogP contribution in [0.5, 0.6) is 0 Å². The van der Waals surface area contributed by atoms with E-state index in [0.717, 1.165) is 20.7 Å². The first kappa shape index (κ1) is 13.7. The molecule has 0 bridgehead atoms. The zero-order valence-corrected chi connectivity index (χ0v) is 12.4. The zero-order valence-electron chi connectivity index (χ0n) is 11.5. The van der Waals surface area contributed by atoms with E-state index in [1.54, 1.807) is 6.07 Å². The third kappa shape index (κ3) is 2.93. The fraction of sp³-hybridized carbons (Fsp3) is 0.0556. The summed E-state index contributed by atoms with van der Waals surface area (Å²) < 4.78 is 0. The number of benzene rings is 3. The molecule has 0 aromatic heterocycles. The molecule has 0 saturated heterocycles. The highest BCUT2D eigenvalue weighted by molar-refractivity contribution is 7.99. The molecule has 3 rings (SSSR count). The molecular formula is C18H14O2S. The molecule has 3 aromatic carbocycles. The van der Waals surface area contributed by atoms with Gasteiger partial charge in [0.25, 0.3) is 0 Å². The van der Waals surface area contributed by atoms with Gasteiger partial charge >= 0.3 is 5.97 Å². The molecule has 3 aromatic rings. The van der Waals surface area contributed by atoms with Gasteiger partial charge in [-0.15, -0.1) is 0 Å². The number of carbonyl (C=O) groups is 1. The molecule has 104 valence electrons. The summed E-state index contributed by atoms with van der Waals surface area (Å²) in [5.41, 5.74) is 1.31. The molecule has 21 heavy (non-hydrogen) atoms. The van der Waals surface area contributed by atoms with E-state index in [1.807, 2.05) is 37.3 Å². The van der Waals surface area contributed by atoms with Crippen LogP contribution in [0.3, 0.4) is 0 Å². The summed E-state index contributed by atoms with van der Waals surface area (Å²) in [5, 5.41) is 11.7. The van der Waals surface area contributed by atoms with E-state index in [1.165, 1.54) is 17.1 Å². The summed E-state index contributed by atoms with van der Waals surface area (Å²) in [4.78, 5) is 13.2. The van der Waals surface area contributed by atoms with E-state index in [0.29, 0.717) is 5.56 Å². The van der Waals surface area contributed by atoms with Crippen LogP contribution in [0.15, 0.2) is 70.5 Å². The lowest BCUT2D eigenvalue weighted by Gasteiger charge is -2.08. The standard InChI is InChI=1S/C18H14O2S/c1-12-6-9-17(16(10-12)18(19)20)21-15-8-7-13-4-2-3-5-14(13)11-15/h2-11H,1H3,(H,19,20). The van der Waals surface area contributed by atoms with Crippen molar-refractivity contribution in [2.24, 2.45) is 0 Å². The Kier molecular flexibility index (Phi) is 3.67. The maximum Gasteiger partial charge on any atom is 0.336 e. The Morgan fingerprint density at radius 3 is 2.48 bits per heavy atom. The Morgan fingerprint density at radius 1 is 0.952 bits per heavy atom. The summed E-state index contributed by atoms with van der Waals surface area (Å²) in [6.07, 6.45) is 0. The number of carboxylic acid groups (broad SMARTS) is 1. The fourth-order valence-electron chi connectivity index (χ4n) is 2.26. The predicted molar refractivity (Wildman–Crippen MR) is 86.2 cm³/mol. The van der Waals surface area contributed by atoms with Crippen molar-refractivity contribution in [2.45, 2.75) is 16.7 Å². The van der Waals surface area contributed by atoms with Gasteiger partial charge in [0, 0.05) is 9.79 Å². The first-order valence-corrected chi connectivity index (χ1v) is 7.46. The highest BCUT2D eigenvalue weighted by atomic mass is 32.2. The molecule has 1 N–H and O–H groups in total. The maximum atomic E-state index is 11.4. The molecule has 3 heteroatoms. The SMILES string of the molecule is Cc1ccc(Sc2ccc3ccccc3c2)c(C(=O)O)c1. The average molecular weight is 294 g/mol. The Hall–Kier alpha value is -2.26. The lowest BCUT2D eigenvalue weighted by molar-refractivity contribution is 0.0693. The number of hydrogen-bond donors (Lipinski definition) is 1. The summed E-state index contributed by atoms with van der Waals surface area (Å²) in [6, 6.07) is 19.9. The van der Waals surface area contributed by atoms with Crippen molar-refractivity contribution in [1.29, 1.82) is 0 Å².